The molecule has 0 unspecified atom stereocenters. The highest BCUT2D eigenvalue weighted by Gasteiger charge is 2.29. The van der Waals surface area contributed by atoms with Crippen LogP contribution in [-0.4, -0.2) is 9.59 Å². The molecule has 1 aromatic heterocycles. The van der Waals surface area contributed by atoms with Crippen LogP contribution in [-0.2, 0) is 11.0 Å². The standard InChI is InChI=1S/C9H17N3S/c1-8(2,3)7-6(9(4,5)10)11-12-13-7/h10H2,1-5H3. The zero-order valence-corrected chi connectivity index (χ0v) is 9.70. The number of nitrogens with two attached hydrogens (primary N) is 1. The summed E-state index contributed by atoms with van der Waals surface area (Å²) in [6.07, 6.45) is 0. The van der Waals surface area contributed by atoms with Gasteiger partial charge in [0.15, 0.2) is 0 Å². The summed E-state index contributed by atoms with van der Waals surface area (Å²) in [6.45, 7) is 10.4. The topological polar surface area (TPSA) is 51.8 Å². The molecular formula is C9H17N3S. The van der Waals surface area contributed by atoms with Gasteiger partial charge in [-0.15, -0.1) is 5.10 Å². The van der Waals surface area contributed by atoms with Gasteiger partial charge in [-0.1, -0.05) is 25.3 Å². The third-order valence-electron chi connectivity index (χ3n) is 1.78. The Morgan fingerprint density at radius 1 is 1.15 bits per heavy atom. The smallest absolute Gasteiger partial charge is 0.0985 e. The van der Waals surface area contributed by atoms with E-state index in [-0.39, 0.29) is 5.41 Å². The van der Waals surface area contributed by atoms with Crippen LogP contribution in [0.5, 0.6) is 0 Å². The van der Waals surface area contributed by atoms with E-state index >= 15 is 0 Å². The van der Waals surface area contributed by atoms with Gasteiger partial charge in [0.25, 0.3) is 0 Å². The molecule has 1 heterocycles. The van der Waals surface area contributed by atoms with Crippen molar-refractivity contribution in [3.8, 4) is 0 Å². The first-order valence-corrected chi connectivity index (χ1v) is 5.12. The monoisotopic (exact) mass is 199 g/mol. The van der Waals surface area contributed by atoms with Gasteiger partial charge in [0.05, 0.1) is 16.1 Å². The third kappa shape index (κ3) is 2.25. The maximum Gasteiger partial charge on any atom is 0.0985 e. The Morgan fingerprint density at radius 3 is 2.00 bits per heavy atom. The van der Waals surface area contributed by atoms with E-state index in [1.165, 1.54) is 16.4 Å². The highest BCUT2D eigenvalue weighted by molar-refractivity contribution is 7.05. The third-order valence-corrected chi connectivity index (χ3v) is 2.93. The first-order valence-electron chi connectivity index (χ1n) is 4.35. The molecule has 0 saturated carbocycles. The van der Waals surface area contributed by atoms with Crippen LogP contribution in [0.25, 0.3) is 0 Å². The number of hydrogen-bond acceptors (Lipinski definition) is 4. The highest BCUT2D eigenvalue weighted by Crippen LogP contribution is 2.32. The van der Waals surface area contributed by atoms with Gasteiger partial charge in [-0.2, -0.15) is 0 Å². The van der Waals surface area contributed by atoms with Crippen molar-refractivity contribution in [2.75, 3.05) is 0 Å². The van der Waals surface area contributed by atoms with E-state index in [1.807, 2.05) is 13.8 Å². The predicted octanol–water partition coefficient (Wildman–Crippen LogP) is 2.03. The normalized spacial score (nSPS) is 13.4. The van der Waals surface area contributed by atoms with E-state index in [0.717, 1.165) is 5.69 Å². The van der Waals surface area contributed by atoms with Crippen LogP contribution in [0.1, 0.15) is 45.2 Å². The molecule has 0 fully saturated rings. The fourth-order valence-corrected chi connectivity index (χ4v) is 1.97. The van der Waals surface area contributed by atoms with Crippen molar-refractivity contribution in [1.29, 1.82) is 0 Å². The molecular weight excluding hydrogens is 182 g/mol. The van der Waals surface area contributed by atoms with Crippen molar-refractivity contribution in [2.24, 2.45) is 5.73 Å². The highest BCUT2D eigenvalue weighted by atomic mass is 32.1. The maximum absolute atomic E-state index is 6.00. The average molecular weight is 199 g/mol. The minimum absolute atomic E-state index is 0.0835. The van der Waals surface area contributed by atoms with Gasteiger partial charge in [-0.3, -0.25) is 0 Å². The molecule has 74 valence electrons. The molecule has 0 spiro atoms. The largest absolute Gasteiger partial charge is 0.320 e. The lowest BCUT2D eigenvalue weighted by Gasteiger charge is -2.23. The summed E-state index contributed by atoms with van der Waals surface area (Å²) in [5.74, 6) is 0. The van der Waals surface area contributed by atoms with Gasteiger partial charge in [0.1, 0.15) is 0 Å². The summed E-state index contributed by atoms with van der Waals surface area (Å²) in [4.78, 5) is 1.18. The maximum atomic E-state index is 6.00. The summed E-state index contributed by atoms with van der Waals surface area (Å²) in [7, 11) is 0. The minimum atomic E-state index is -0.393. The number of aromatic nitrogens is 2. The molecule has 0 saturated heterocycles. The Morgan fingerprint density at radius 2 is 1.69 bits per heavy atom. The van der Waals surface area contributed by atoms with Crippen molar-refractivity contribution in [1.82, 2.24) is 9.59 Å². The molecule has 1 rings (SSSR count). The lowest BCUT2D eigenvalue weighted by atomic mass is 9.88. The number of nitrogens with zero attached hydrogens (tertiary/aromatic N) is 2. The molecule has 0 aliphatic rings. The van der Waals surface area contributed by atoms with Crippen LogP contribution in [0, 0.1) is 0 Å². The number of rotatable bonds is 1. The summed E-state index contributed by atoms with van der Waals surface area (Å²) in [6, 6.07) is 0. The van der Waals surface area contributed by atoms with Crippen LogP contribution >= 0.6 is 11.5 Å². The van der Waals surface area contributed by atoms with E-state index in [2.05, 4.69) is 30.4 Å². The number of hydrogen-bond donors (Lipinski definition) is 1. The molecule has 3 nitrogen and oxygen atoms in total. The molecule has 0 aromatic carbocycles. The Labute approximate surface area is 83.5 Å². The summed E-state index contributed by atoms with van der Waals surface area (Å²) in [5.41, 5.74) is 6.61. The summed E-state index contributed by atoms with van der Waals surface area (Å²) in [5, 5.41) is 4.10. The van der Waals surface area contributed by atoms with E-state index < -0.39 is 5.54 Å². The minimum Gasteiger partial charge on any atom is -0.320 e. The average Bonchev–Trinajstić information content (AvgIpc) is 2.27. The van der Waals surface area contributed by atoms with Gasteiger partial charge in [0.2, 0.25) is 0 Å². The fourth-order valence-electron chi connectivity index (χ4n) is 1.10. The van der Waals surface area contributed by atoms with Crippen molar-refractivity contribution < 1.29 is 0 Å². The Hall–Kier alpha value is -0.480. The lowest BCUT2D eigenvalue weighted by Crippen LogP contribution is -2.32. The molecule has 13 heavy (non-hydrogen) atoms. The van der Waals surface area contributed by atoms with E-state index in [1.54, 1.807) is 0 Å². The second-order valence-corrected chi connectivity index (χ2v) is 5.68. The fraction of sp³-hybridized carbons (Fsp3) is 0.778. The second-order valence-electron chi connectivity index (χ2n) is 4.92. The SMILES string of the molecule is CC(C)(C)c1snnc1C(C)(C)N. The zero-order valence-electron chi connectivity index (χ0n) is 8.88. The van der Waals surface area contributed by atoms with Gasteiger partial charge >= 0.3 is 0 Å². The zero-order chi connectivity index (χ0) is 10.3. The Kier molecular flexibility index (Phi) is 2.47. The first kappa shape index (κ1) is 10.6. The van der Waals surface area contributed by atoms with E-state index in [9.17, 15) is 0 Å². The van der Waals surface area contributed by atoms with Crippen LogP contribution in [0.3, 0.4) is 0 Å². The predicted molar refractivity (Wildman–Crippen MR) is 55.8 cm³/mol. The van der Waals surface area contributed by atoms with Crippen LogP contribution in [0.4, 0.5) is 0 Å². The molecule has 0 atom stereocenters. The summed E-state index contributed by atoms with van der Waals surface area (Å²) >= 11 is 1.44. The van der Waals surface area contributed by atoms with Crippen molar-refractivity contribution in [2.45, 2.75) is 45.6 Å². The first-order chi connectivity index (χ1) is 5.73. The Balaban J connectivity index is 3.19. The van der Waals surface area contributed by atoms with Crippen molar-refractivity contribution in [3.63, 3.8) is 0 Å². The molecule has 0 bridgehead atoms. The van der Waals surface area contributed by atoms with Gasteiger partial charge in [-0.25, -0.2) is 0 Å². The van der Waals surface area contributed by atoms with Crippen LogP contribution < -0.4 is 5.73 Å². The molecule has 0 radical (unpaired) electrons. The Bertz CT molecular complexity index is 262. The van der Waals surface area contributed by atoms with Crippen molar-refractivity contribution in [3.05, 3.63) is 10.6 Å². The summed E-state index contributed by atoms with van der Waals surface area (Å²) < 4.78 is 3.97. The van der Waals surface area contributed by atoms with Crippen LogP contribution in [0.15, 0.2) is 0 Å². The molecule has 0 aliphatic carbocycles. The van der Waals surface area contributed by atoms with E-state index in [0.29, 0.717) is 0 Å². The van der Waals surface area contributed by atoms with Gasteiger partial charge in [0, 0.05) is 0 Å². The van der Waals surface area contributed by atoms with Gasteiger partial charge < -0.3 is 5.73 Å². The second kappa shape index (κ2) is 3.03. The van der Waals surface area contributed by atoms with Crippen LogP contribution in [0.2, 0.25) is 0 Å². The quantitative estimate of drug-likeness (QED) is 0.753. The van der Waals surface area contributed by atoms with Crippen molar-refractivity contribution >= 4 is 11.5 Å². The molecule has 4 heteroatoms. The molecule has 0 aliphatic heterocycles. The molecule has 0 amide bonds. The lowest BCUT2D eigenvalue weighted by molar-refractivity contribution is 0.502. The molecule has 2 N–H and O–H groups in total. The molecule has 1 aromatic rings. The van der Waals surface area contributed by atoms with E-state index in [4.69, 9.17) is 5.73 Å². The van der Waals surface area contributed by atoms with Gasteiger partial charge in [-0.05, 0) is 30.8 Å².